The fraction of sp³-hybridized carbons (Fsp3) is 0.167. The number of aryl methyl sites for hydroxylation is 1. The van der Waals surface area contributed by atoms with E-state index < -0.39 is 5.54 Å². The number of hydrogen-bond donors (Lipinski definition) is 1. The molecule has 0 aliphatic heterocycles. The molecule has 0 fully saturated rings. The Kier molecular flexibility index (Phi) is 3.22. The molecule has 0 aliphatic rings. The first-order chi connectivity index (χ1) is 9.98. The molecular formula is C18H17FN2. The molecule has 0 radical (unpaired) electrons. The van der Waals surface area contributed by atoms with E-state index in [0.717, 1.165) is 22.0 Å². The third kappa shape index (κ3) is 2.41. The van der Waals surface area contributed by atoms with E-state index in [4.69, 9.17) is 5.73 Å². The molecule has 3 aromatic rings. The van der Waals surface area contributed by atoms with E-state index in [1.165, 1.54) is 6.07 Å². The molecule has 106 valence electrons. The van der Waals surface area contributed by atoms with Gasteiger partial charge in [-0.3, -0.25) is 4.98 Å². The van der Waals surface area contributed by atoms with Crippen molar-refractivity contribution in [2.24, 2.45) is 5.73 Å². The van der Waals surface area contributed by atoms with Crippen molar-refractivity contribution in [2.75, 3.05) is 0 Å². The molecule has 0 amide bonds. The molecule has 3 rings (SSSR count). The smallest absolute Gasteiger partial charge is 0.126 e. The zero-order valence-corrected chi connectivity index (χ0v) is 12.1. The first kappa shape index (κ1) is 13.7. The van der Waals surface area contributed by atoms with Gasteiger partial charge >= 0.3 is 0 Å². The molecule has 1 heterocycles. The van der Waals surface area contributed by atoms with E-state index in [9.17, 15) is 4.39 Å². The van der Waals surface area contributed by atoms with Crippen LogP contribution in [0.1, 0.15) is 23.6 Å². The second-order valence-corrected chi connectivity index (χ2v) is 5.58. The summed E-state index contributed by atoms with van der Waals surface area (Å²) in [6, 6.07) is 15.0. The number of rotatable bonds is 2. The minimum absolute atomic E-state index is 0.238. The minimum atomic E-state index is -0.786. The van der Waals surface area contributed by atoms with Crippen LogP contribution in [0.5, 0.6) is 0 Å². The largest absolute Gasteiger partial charge is 0.318 e. The van der Waals surface area contributed by atoms with Crippen molar-refractivity contribution in [1.82, 2.24) is 4.98 Å². The van der Waals surface area contributed by atoms with Crippen LogP contribution in [0.25, 0.3) is 10.9 Å². The van der Waals surface area contributed by atoms with Gasteiger partial charge in [0, 0.05) is 11.6 Å². The first-order valence-corrected chi connectivity index (χ1v) is 6.89. The fourth-order valence-electron chi connectivity index (χ4n) is 2.44. The summed E-state index contributed by atoms with van der Waals surface area (Å²) in [6.07, 6.45) is 1.76. The topological polar surface area (TPSA) is 38.9 Å². The zero-order chi connectivity index (χ0) is 15.0. The van der Waals surface area contributed by atoms with Crippen molar-refractivity contribution in [3.63, 3.8) is 0 Å². The average Bonchev–Trinajstić information content (AvgIpc) is 2.49. The molecule has 0 bridgehead atoms. The van der Waals surface area contributed by atoms with Gasteiger partial charge in [0.1, 0.15) is 5.82 Å². The fourth-order valence-corrected chi connectivity index (χ4v) is 2.44. The van der Waals surface area contributed by atoms with E-state index >= 15 is 0 Å². The summed E-state index contributed by atoms with van der Waals surface area (Å²) < 4.78 is 13.8. The highest BCUT2D eigenvalue weighted by molar-refractivity contribution is 5.79. The number of benzene rings is 2. The molecular weight excluding hydrogens is 263 g/mol. The van der Waals surface area contributed by atoms with Crippen molar-refractivity contribution in [2.45, 2.75) is 19.4 Å². The number of para-hydroxylation sites is 1. The monoisotopic (exact) mass is 280 g/mol. The normalized spacial score (nSPS) is 14.1. The molecule has 2 N–H and O–H groups in total. The lowest BCUT2D eigenvalue weighted by Crippen LogP contribution is -2.34. The lowest BCUT2D eigenvalue weighted by molar-refractivity contribution is 0.577. The van der Waals surface area contributed by atoms with Gasteiger partial charge in [-0.1, -0.05) is 30.3 Å². The summed E-state index contributed by atoms with van der Waals surface area (Å²) in [6.45, 7) is 3.62. The SMILES string of the molecule is Cc1ccc(C(C)(N)c2cnc3ccccc3c2)cc1F. The number of halogens is 1. The van der Waals surface area contributed by atoms with E-state index in [1.807, 2.05) is 43.3 Å². The highest BCUT2D eigenvalue weighted by Gasteiger charge is 2.25. The van der Waals surface area contributed by atoms with Crippen LogP contribution in [0.2, 0.25) is 0 Å². The predicted octanol–water partition coefficient (Wildman–Crippen LogP) is 3.90. The Hall–Kier alpha value is -2.26. The molecule has 0 saturated carbocycles. The number of nitrogens with two attached hydrogens (primary N) is 1. The molecule has 1 atom stereocenters. The molecule has 0 aliphatic carbocycles. The van der Waals surface area contributed by atoms with Crippen LogP contribution in [0.3, 0.4) is 0 Å². The predicted molar refractivity (Wildman–Crippen MR) is 83.5 cm³/mol. The lowest BCUT2D eigenvalue weighted by Gasteiger charge is -2.26. The van der Waals surface area contributed by atoms with Crippen LogP contribution in [-0.2, 0) is 5.54 Å². The molecule has 1 unspecified atom stereocenters. The number of hydrogen-bond acceptors (Lipinski definition) is 2. The number of fused-ring (bicyclic) bond motifs is 1. The van der Waals surface area contributed by atoms with Crippen molar-refractivity contribution >= 4 is 10.9 Å². The van der Waals surface area contributed by atoms with Gasteiger partial charge in [-0.15, -0.1) is 0 Å². The molecule has 2 nitrogen and oxygen atoms in total. The quantitative estimate of drug-likeness (QED) is 0.773. The maximum Gasteiger partial charge on any atom is 0.126 e. The van der Waals surface area contributed by atoms with Gasteiger partial charge in [-0.25, -0.2) is 4.39 Å². The third-order valence-corrected chi connectivity index (χ3v) is 3.96. The van der Waals surface area contributed by atoms with Crippen LogP contribution in [0, 0.1) is 12.7 Å². The van der Waals surface area contributed by atoms with Crippen molar-refractivity contribution in [3.05, 3.63) is 77.2 Å². The molecule has 0 spiro atoms. The Balaban J connectivity index is 2.12. The Bertz CT molecular complexity index is 809. The van der Waals surface area contributed by atoms with Gasteiger partial charge in [-0.2, -0.15) is 0 Å². The zero-order valence-electron chi connectivity index (χ0n) is 12.1. The van der Waals surface area contributed by atoms with Crippen molar-refractivity contribution < 1.29 is 4.39 Å². The first-order valence-electron chi connectivity index (χ1n) is 6.89. The number of aromatic nitrogens is 1. The molecule has 2 aromatic carbocycles. The van der Waals surface area contributed by atoms with Gasteiger partial charge < -0.3 is 5.73 Å². The molecule has 3 heteroatoms. The standard InChI is InChI=1S/C18H17FN2/c1-12-7-8-14(10-16(12)19)18(2,20)15-9-13-5-3-4-6-17(13)21-11-15/h3-11H,20H2,1-2H3. The van der Waals surface area contributed by atoms with Gasteiger partial charge in [-0.05, 0) is 48.7 Å². The van der Waals surface area contributed by atoms with Gasteiger partial charge in [0.05, 0.1) is 11.1 Å². The van der Waals surface area contributed by atoms with Gasteiger partial charge in [0.15, 0.2) is 0 Å². The molecule has 0 saturated heterocycles. The maximum atomic E-state index is 13.8. The lowest BCUT2D eigenvalue weighted by atomic mass is 9.85. The van der Waals surface area contributed by atoms with E-state index in [2.05, 4.69) is 4.98 Å². The Morgan fingerprint density at radius 1 is 1.05 bits per heavy atom. The Morgan fingerprint density at radius 2 is 1.81 bits per heavy atom. The highest BCUT2D eigenvalue weighted by atomic mass is 19.1. The average molecular weight is 280 g/mol. The number of pyridine rings is 1. The summed E-state index contributed by atoms with van der Waals surface area (Å²) in [7, 11) is 0. The van der Waals surface area contributed by atoms with E-state index in [1.54, 1.807) is 19.2 Å². The van der Waals surface area contributed by atoms with Crippen LogP contribution in [-0.4, -0.2) is 4.98 Å². The molecule has 21 heavy (non-hydrogen) atoms. The summed E-state index contributed by atoms with van der Waals surface area (Å²) in [5.74, 6) is -0.238. The second kappa shape index (κ2) is 4.93. The number of nitrogens with zero attached hydrogens (tertiary/aromatic N) is 1. The molecule has 1 aromatic heterocycles. The van der Waals surface area contributed by atoms with Crippen molar-refractivity contribution in [1.29, 1.82) is 0 Å². The summed E-state index contributed by atoms with van der Waals surface area (Å²) in [5.41, 5.74) is 8.82. The van der Waals surface area contributed by atoms with E-state index in [0.29, 0.717) is 5.56 Å². The van der Waals surface area contributed by atoms with Crippen LogP contribution >= 0.6 is 0 Å². The second-order valence-electron chi connectivity index (χ2n) is 5.58. The third-order valence-electron chi connectivity index (χ3n) is 3.96. The van der Waals surface area contributed by atoms with Crippen LogP contribution in [0.15, 0.2) is 54.7 Å². The summed E-state index contributed by atoms with van der Waals surface area (Å²) >= 11 is 0. The van der Waals surface area contributed by atoms with Crippen molar-refractivity contribution in [3.8, 4) is 0 Å². The highest BCUT2D eigenvalue weighted by Crippen LogP contribution is 2.29. The minimum Gasteiger partial charge on any atom is -0.318 e. The summed E-state index contributed by atoms with van der Waals surface area (Å²) in [5, 5.41) is 1.03. The Morgan fingerprint density at radius 3 is 2.57 bits per heavy atom. The van der Waals surface area contributed by atoms with Crippen LogP contribution in [0.4, 0.5) is 4.39 Å². The van der Waals surface area contributed by atoms with Gasteiger partial charge in [0.2, 0.25) is 0 Å². The van der Waals surface area contributed by atoms with Crippen LogP contribution < -0.4 is 5.73 Å². The van der Waals surface area contributed by atoms with Gasteiger partial charge in [0.25, 0.3) is 0 Å². The maximum absolute atomic E-state index is 13.8. The van der Waals surface area contributed by atoms with E-state index in [-0.39, 0.29) is 5.82 Å². The Labute approximate surface area is 123 Å². The summed E-state index contributed by atoms with van der Waals surface area (Å²) in [4.78, 5) is 4.44.